The largest absolute Gasteiger partial charge is 0.203 e. The number of rotatable bonds is 0. The van der Waals surface area contributed by atoms with Gasteiger partial charge in [-0.3, -0.25) is 0 Å². The van der Waals surface area contributed by atoms with Gasteiger partial charge in [0.05, 0.1) is 4.47 Å². The van der Waals surface area contributed by atoms with Crippen molar-refractivity contribution in [3.63, 3.8) is 0 Å². The maximum absolute atomic E-state index is 12.6. The molecule has 6 heteroatoms. The van der Waals surface area contributed by atoms with Crippen LogP contribution in [0.5, 0.6) is 0 Å². The summed E-state index contributed by atoms with van der Waals surface area (Å²) in [6.45, 7) is 0. The van der Waals surface area contributed by atoms with Crippen LogP contribution in [0, 0.1) is 23.3 Å². The van der Waals surface area contributed by atoms with E-state index in [4.69, 9.17) is 0 Å². The van der Waals surface area contributed by atoms with Crippen LogP contribution in [0.3, 0.4) is 0 Å². The standard InChI is InChI=1S/C6H2BrF4P/c7-1-2(8)3(9)4(10)5(11)6(1)12/h12H2. The molecule has 0 saturated heterocycles. The second-order valence-corrected chi connectivity index (χ2v) is 3.35. The molecule has 0 aromatic heterocycles. The van der Waals surface area contributed by atoms with Gasteiger partial charge in [-0.2, -0.15) is 0 Å². The van der Waals surface area contributed by atoms with Crippen LogP contribution in [-0.2, 0) is 0 Å². The van der Waals surface area contributed by atoms with Gasteiger partial charge in [0.15, 0.2) is 23.3 Å². The van der Waals surface area contributed by atoms with Crippen LogP contribution >= 0.6 is 25.2 Å². The molecule has 0 aliphatic heterocycles. The van der Waals surface area contributed by atoms with E-state index in [1.54, 1.807) is 9.24 Å². The van der Waals surface area contributed by atoms with Crippen molar-refractivity contribution in [2.75, 3.05) is 0 Å². The molecule has 12 heavy (non-hydrogen) atoms. The number of hydrogen-bond donors (Lipinski definition) is 0. The van der Waals surface area contributed by atoms with Gasteiger partial charge in [0.2, 0.25) is 0 Å². The van der Waals surface area contributed by atoms with Crippen LogP contribution in [0.1, 0.15) is 0 Å². The van der Waals surface area contributed by atoms with E-state index in [1.807, 2.05) is 0 Å². The lowest BCUT2D eigenvalue weighted by atomic mass is 10.3. The molecule has 1 unspecified atom stereocenters. The second kappa shape index (κ2) is 3.30. The molecule has 0 aliphatic carbocycles. The molecule has 66 valence electrons. The lowest BCUT2D eigenvalue weighted by Crippen LogP contribution is -2.10. The predicted octanol–water partition coefficient (Wildman–Crippen LogP) is 2.51. The zero-order valence-electron chi connectivity index (χ0n) is 5.47. The average molecular weight is 261 g/mol. The molecular formula is C6H2BrF4P. The fourth-order valence-electron chi connectivity index (χ4n) is 0.622. The van der Waals surface area contributed by atoms with Gasteiger partial charge >= 0.3 is 0 Å². The van der Waals surface area contributed by atoms with Gasteiger partial charge in [0.1, 0.15) is 0 Å². The summed E-state index contributed by atoms with van der Waals surface area (Å²) >= 11 is 2.57. The highest BCUT2D eigenvalue weighted by Crippen LogP contribution is 2.22. The Morgan fingerprint density at radius 2 is 1.25 bits per heavy atom. The highest BCUT2D eigenvalue weighted by Gasteiger charge is 2.21. The Labute approximate surface area is 76.3 Å². The Hall–Kier alpha value is -0.150. The van der Waals surface area contributed by atoms with E-state index in [-0.39, 0.29) is 5.30 Å². The summed E-state index contributed by atoms with van der Waals surface area (Å²) < 4.78 is 49.6. The molecule has 1 aromatic rings. The lowest BCUT2D eigenvalue weighted by molar-refractivity contribution is 0.410. The number of hydrogen-bond acceptors (Lipinski definition) is 0. The predicted molar refractivity (Wildman–Crippen MR) is 43.3 cm³/mol. The Morgan fingerprint density at radius 1 is 0.833 bits per heavy atom. The molecular weight excluding hydrogens is 259 g/mol. The molecule has 0 N–H and O–H groups in total. The van der Waals surface area contributed by atoms with Gasteiger partial charge in [-0.15, -0.1) is 9.24 Å². The van der Waals surface area contributed by atoms with Crippen molar-refractivity contribution < 1.29 is 17.6 Å². The smallest absolute Gasteiger partial charge is 0.198 e. The molecule has 0 spiro atoms. The van der Waals surface area contributed by atoms with Crippen molar-refractivity contribution in [3.8, 4) is 0 Å². The van der Waals surface area contributed by atoms with Crippen molar-refractivity contribution in [2.45, 2.75) is 0 Å². The monoisotopic (exact) mass is 260 g/mol. The van der Waals surface area contributed by atoms with E-state index in [2.05, 4.69) is 15.9 Å². The maximum Gasteiger partial charge on any atom is 0.198 e. The van der Waals surface area contributed by atoms with E-state index in [0.29, 0.717) is 0 Å². The third-order valence-corrected chi connectivity index (χ3v) is 2.98. The van der Waals surface area contributed by atoms with Crippen LogP contribution in [-0.4, -0.2) is 0 Å². The minimum absolute atomic E-state index is 0.369. The van der Waals surface area contributed by atoms with Gasteiger partial charge in [0.25, 0.3) is 0 Å². The van der Waals surface area contributed by atoms with Crippen molar-refractivity contribution >= 4 is 30.5 Å². The summed E-state index contributed by atoms with van der Waals surface area (Å²) in [5.74, 6) is -6.46. The summed E-state index contributed by atoms with van der Waals surface area (Å²) in [6.07, 6.45) is 0. The summed E-state index contributed by atoms with van der Waals surface area (Å²) in [4.78, 5) is 0. The minimum Gasteiger partial charge on any atom is -0.203 e. The second-order valence-electron chi connectivity index (χ2n) is 1.98. The first-order valence-electron chi connectivity index (χ1n) is 2.73. The van der Waals surface area contributed by atoms with Crippen molar-refractivity contribution in [2.24, 2.45) is 0 Å². The molecule has 0 radical (unpaired) electrons. The summed E-state index contributed by atoms with van der Waals surface area (Å²) in [6, 6.07) is 0. The molecule has 0 aliphatic rings. The Bertz CT molecular complexity index is 234. The molecule has 1 atom stereocenters. The van der Waals surface area contributed by atoms with Crippen molar-refractivity contribution in [1.29, 1.82) is 0 Å². The fraction of sp³-hybridized carbons (Fsp3) is 0. The first kappa shape index (κ1) is 9.93. The zero-order valence-corrected chi connectivity index (χ0v) is 8.21. The fourth-order valence-corrected chi connectivity index (χ4v) is 1.22. The van der Waals surface area contributed by atoms with Crippen LogP contribution in [0.15, 0.2) is 4.47 Å². The van der Waals surface area contributed by atoms with Gasteiger partial charge in [0, 0.05) is 5.30 Å². The first-order valence-corrected chi connectivity index (χ1v) is 4.10. The minimum atomic E-state index is -1.81. The van der Waals surface area contributed by atoms with E-state index in [9.17, 15) is 17.6 Å². The van der Waals surface area contributed by atoms with Crippen molar-refractivity contribution in [1.82, 2.24) is 0 Å². The molecule has 0 saturated carbocycles. The maximum atomic E-state index is 12.6. The molecule has 0 nitrogen and oxygen atoms in total. The third kappa shape index (κ3) is 1.36. The normalized spacial score (nSPS) is 10.5. The van der Waals surface area contributed by atoms with E-state index in [1.165, 1.54) is 0 Å². The van der Waals surface area contributed by atoms with E-state index < -0.39 is 27.7 Å². The summed E-state index contributed by atoms with van der Waals surface area (Å²) in [5.41, 5.74) is 0. The van der Waals surface area contributed by atoms with E-state index >= 15 is 0 Å². The highest BCUT2D eigenvalue weighted by molar-refractivity contribution is 9.10. The van der Waals surface area contributed by atoms with E-state index in [0.717, 1.165) is 0 Å². The highest BCUT2D eigenvalue weighted by atomic mass is 79.9. The molecule has 0 bridgehead atoms. The Balaban J connectivity index is 3.60. The van der Waals surface area contributed by atoms with Crippen LogP contribution in [0.25, 0.3) is 0 Å². The molecule has 0 amide bonds. The lowest BCUT2D eigenvalue weighted by Gasteiger charge is -2.03. The zero-order chi connectivity index (χ0) is 9.46. The Kier molecular flexibility index (Phi) is 2.74. The van der Waals surface area contributed by atoms with Gasteiger partial charge < -0.3 is 0 Å². The summed E-state index contributed by atoms with van der Waals surface area (Å²) in [7, 11) is 1.77. The Morgan fingerprint density at radius 3 is 1.75 bits per heavy atom. The van der Waals surface area contributed by atoms with Gasteiger partial charge in [-0.25, -0.2) is 17.6 Å². The van der Waals surface area contributed by atoms with Crippen LogP contribution in [0.4, 0.5) is 17.6 Å². The van der Waals surface area contributed by atoms with Gasteiger partial charge in [-0.1, -0.05) is 0 Å². The molecule has 1 rings (SSSR count). The molecule has 0 fully saturated rings. The number of benzene rings is 1. The SMILES string of the molecule is Fc1c(F)c(F)c(Br)c(P)c1F. The molecule has 0 heterocycles. The quantitative estimate of drug-likeness (QED) is 0.291. The van der Waals surface area contributed by atoms with Crippen molar-refractivity contribution in [3.05, 3.63) is 27.7 Å². The van der Waals surface area contributed by atoms with Crippen LogP contribution < -0.4 is 5.30 Å². The molecule has 1 aromatic carbocycles. The topological polar surface area (TPSA) is 0 Å². The summed E-state index contributed by atoms with van der Waals surface area (Å²) in [5, 5.41) is -0.369. The number of halogens is 5. The van der Waals surface area contributed by atoms with Gasteiger partial charge in [-0.05, 0) is 15.9 Å². The third-order valence-electron chi connectivity index (χ3n) is 1.24. The van der Waals surface area contributed by atoms with Crippen LogP contribution in [0.2, 0.25) is 0 Å². The first-order chi connectivity index (χ1) is 5.46. The average Bonchev–Trinajstić information content (AvgIpc) is 2.08.